The maximum Gasteiger partial charge on any atom is 0.334 e. The van der Waals surface area contributed by atoms with Gasteiger partial charge in [0.15, 0.2) is 0 Å². The van der Waals surface area contributed by atoms with E-state index in [1.54, 1.807) is 0 Å². The van der Waals surface area contributed by atoms with E-state index in [0.29, 0.717) is 0 Å². The van der Waals surface area contributed by atoms with Crippen LogP contribution in [0.1, 0.15) is 0 Å². The summed E-state index contributed by atoms with van der Waals surface area (Å²) in [6.07, 6.45) is 0. The average Bonchev–Trinajstić information content (AvgIpc) is 1.80. The van der Waals surface area contributed by atoms with Crippen LogP contribution in [0.15, 0.2) is 10.3 Å². The SMILES string of the molecule is O=C1CN(S)N=NC1=O. The summed E-state index contributed by atoms with van der Waals surface area (Å²) in [5, 5.41) is 6.19. The maximum atomic E-state index is 10.4. The number of Topliss-reactive ketones (excluding diaryl/α,β-unsaturated/α-hetero) is 1. The van der Waals surface area contributed by atoms with E-state index in [4.69, 9.17) is 0 Å². The van der Waals surface area contributed by atoms with Crippen molar-refractivity contribution in [2.45, 2.75) is 0 Å². The van der Waals surface area contributed by atoms with Crippen molar-refractivity contribution in [3.8, 4) is 0 Å². The molecule has 6 heteroatoms. The van der Waals surface area contributed by atoms with Crippen LogP contribution in [-0.2, 0) is 9.59 Å². The van der Waals surface area contributed by atoms with Gasteiger partial charge < -0.3 is 0 Å². The van der Waals surface area contributed by atoms with Gasteiger partial charge in [0.2, 0.25) is 5.78 Å². The molecule has 48 valence electrons. The van der Waals surface area contributed by atoms with Crippen LogP contribution in [0.3, 0.4) is 0 Å². The highest BCUT2D eigenvalue weighted by atomic mass is 32.1. The van der Waals surface area contributed by atoms with E-state index in [0.717, 1.165) is 4.41 Å². The molecule has 0 fully saturated rings. The van der Waals surface area contributed by atoms with Gasteiger partial charge in [0.1, 0.15) is 6.54 Å². The Labute approximate surface area is 56.3 Å². The molecule has 1 heterocycles. The van der Waals surface area contributed by atoms with E-state index in [1.165, 1.54) is 0 Å². The molecule has 0 aliphatic carbocycles. The summed E-state index contributed by atoms with van der Waals surface area (Å²) >= 11 is 3.66. The first-order chi connectivity index (χ1) is 4.20. The Bertz CT molecular complexity index is 189. The van der Waals surface area contributed by atoms with Crippen LogP contribution < -0.4 is 0 Å². The van der Waals surface area contributed by atoms with Crippen LogP contribution in [0.4, 0.5) is 0 Å². The first-order valence-corrected chi connectivity index (χ1v) is 2.55. The molecule has 1 aliphatic rings. The predicted molar refractivity (Wildman–Crippen MR) is 30.6 cm³/mol. The third-order valence-corrected chi connectivity index (χ3v) is 0.984. The summed E-state index contributed by atoms with van der Waals surface area (Å²) in [5.74, 6) is -1.39. The number of hydrogen-bond acceptors (Lipinski definition) is 5. The molecule has 0 unspecified atom stereocenters. The highest BCUT2D eigenvalue weighted by Crippen LogP contribution is 2.01. The normalized spacial score (nSPS) is 19.0. The quantitative estimate of drug-likeness (QED) is 0.373. The number of carbonyl (C=O) groups is 2. The predicted octanol–water partition coefficient (Wildman–Crippen LogP) is -0.390. The van der Waals surface area contributed by atoms with Gasteiger partial charge in [-0.2, -0.15) is 0 Å². The van der Waals surface area contributed by atoms with E-state index in [2.05, 4.69) is 23.2 Å². The molecule has 0 radical (unpaired) electrons. The molecule has 0 saturated carbocycles. The van der Waals surface area contributed by atoms with Crippen LogP contribution in [0.5, 0.6) is 0 Å². The molecule has 0 spiro atoms. The van der Waals surface area contributed by atoms with Gasteiger partial charge in [0.05, 0.1) is 0 Å². The Balaban J connectivity index is 2.77. The Morgan fingerprint density at radius 1 is 1.56 bits per heavy atom. The number of hydrogen-bond donors (Lipinski definition) is 1. The van der Waals surface area contributed by atoms with E-state index in [1.807, 2.05) is 0 Å². The van der Waals surface area contributed by atoms with Gasteiger partial charge in [-0.05, 0) is 12.8 Å². The summed E-state index contributed by atoms with van der Waals surface area (Å²) in [6.45, 7) is -0.0918. The van der Waals surface area contributed by atoms with Crippen molar-refractivity contribution in [2.24, 2.45) is 10.3 Å². The molecule has 0 aromatic carbocycles. The molecule has 0 aromatic heterocycles. The molecular weight excluding hydrogens is 142 g/mol. The second-order valence-electron chi connectivity index (χ2n) is 1.45. The Kier molecular flexibility index (Phi) is 1.48. The molecule has 0 atom stereocenters. The number of rotatable bonds is 0. The van der Waals surface area contributed by atoms with Crippen molar-refractivity contribution in [1.29, 1.82) is 0 Å². The number of nitrogens with zero attached hydrogens (tertiary/aromatic N) is 3. The first kappa shape index (κ1) is 6.21. The summed E-state index contributed by atoms with van der Waals surface area (Å²) in [4.78, 5) is 20.7. The summed E-state index contributed by atoms with van der Waals surface area (Å²) in [5.41, 5.74) is 0. The second-order valence-corrected chi connectivity index (χ2v) is 1.91. The van der Waals surface area contributed by atoms with Gasteiger partial charge in [-0.15, -0.1) is 0 Å². The van der Waals surface area contributed by atoms with E-state index >= 15 is 0 Å². The number of amides is 1. The Morgan fingerprint density at radius 3 is 2.67 bits per heavy atom. The zero-order chi connectivity index (χ0) is 6.85. The fraction of sp³-hybridized carbons (Fsp3) is 0.333. The van der Waals surface area contributed by atoms with E-state index in [9.17, 15) is 9.59 Å². The van der Waals surface area contributed by atoms with Crippen LogP contribution >= 0.6 is 12.8 Å². The minimum absolute atomic E-state index is 0.0918. The van der Waals surface area contributed by atoms with E-state index in [-0.39, 0.29) is 6.54 Å². The fourth-order valence-corrected chi connectivity index (χ4v) is 0.544. The third kappa shape index (κ3) is 1.26. The number of carbonyl (C=O) groups excluding carboxylic acids is 2. The van der Waals surface area contributed by atoms with Gasteiger partial charge in [0, 0.05) is 0 Å². The third-order valence-electron chi connectivity index (χ3n) is 0.762. The van der Waals surface area contributed by atoms with Crippen molar-refractivity contribution < 1.29 is 9.59 Å². The minimum Gasteiger partial charge on any atom is -0.286 e. The van der Waals surface area contributed by atoms with Crippen molar-refractivity contribution in [3.63, 3.8) is 0 Å². The van der Waals surface area contributed by atoms with Crippen molar-refractivity contribution >= 4 is 24.5 Å². The standard InChI is InChI=1S/C3H3N3O2S/c7-2-1-6(9)5-4-3(2)8/h9H,1H2. The molecule has 9 heavy (non-hydrogen) atoms. The fourth-order valence-electron chi connectivity index (χ4n) is 0.376. The van der Waals surface area contributed by atoms with Crippen LogP contribution in [0, 0.1) is 0 Å². The molecule has 0 aromatic rings. The highest BCUT2D eigenvalue weighted by Gasteiger charge is 2.19. The second kappa shape index (κ2) is 2.14. The smallest absolute Gasteiger partial charge is 0.286 e. The van der Waals surface area contributed by atoms with Gasteiger partial charge in [-0.25, -0.2) is 4.41 Å². The molecule has 1 aliphatic heterocycles. The zero-order valence-electron chi connectivity index (χ0n) is 4.31. The molecule has 1 amide bonds. The molecule has 0 N–H and O–H groups in total. The summed E-state index contributed by atoms with van der Waals surface area (Å²) < 4.78 is 1.00. The monoisotopic (exact) mass is 145 g/mol. The molecule has 1 rings (SSSR count). The first-order valence-electron chi connectivity index (χ1n) is 2.15. The van der Waals surface area contributed by atoms with Crippen LogP contribution in [0.25, 0.3) is 0 Å². The Hall–Kier alpha value is -0.910. The topological polar surface area (TPSA) is 62.1 Å². The average molecular weight is 145 g/mol. The van der Waals surface area contributed by atoms with Gasteiger partial charge in [-0.1, -0.05) is 10.3 Å². The lowest BCUT2D eigenvalue weighted by Gasteiger charge is -2.09. The maximum absolute atomic E-state index is 10.4. The lowest BCUT2D eigenvalue weighted by atomic mass is 10.4. The lowest BCUT2D eigenvalue weighted by molar-refractivity contribution is -0.137. The molecule has 5 nitrogen and oxygen atoms in total. The van der Waals surface area contributed by atoms with Gasteiger partial charge in [0.25, 0.3) is 0 Å². The molecular formula is C3H3N3O2S. The molecule has 0 bridgehead atoms. The minimum atomic E-state index is -0.805. The molecule has 0 saturated heterocycles. The largest absolute Gasteiger partial charge is 0.334 e. The van der Waals surface area contributed by atoms with Crippen LogP contribution in [0.2, 0.25) is 0 Å². The lowest BCUT2D eigenvalue weighted by Crippen LogP contribution is -2.27. The number of thiol groups is 1. The van der Waals surface area contributed by atoms with Crippen molar-refractivity contribution in [3.05, 3.63) is 0 Å². The highest BCUT2D eigenvalue weighted by molar-refractivity contribution is 7.77. The summed E-state index contributed by atoms with van der Waals surface area (Å²) in [6, 6.07) is 0. The van der Waals surface area contributed by atoms with Crippen LogP contribution in [-0.4, -0.2) is 22.6 Å². The van der Waals surface area contributed by atoms with Gasteiger partial charge >= 0.3 is 5.91 Å². The zero-order valence-corrected chi connectivity index (χ0v) is 5.21. The number of ketones is 1. The summed E-state index contributed by atoms with van der Waals surface area (Å²) in [7, 11) is 0. The van der Waals surface area contributed by atoms with Crippen molar-refractivity contribution in [2.75, 3.05) is 6.54 Å². The van der Waals surface area contributed by atoms with Gasteiger partial charge in [-0.3, -0.25) is 9.59 Å². The van der Waals surface area contributed by atoms with Crippen molar-refractivity contribution in [1.82, 2.24) is 4.41 Å². The Morgan fingerprint density at radius 2 is 2.22 bits per heavy atom. The van der Waals surface area contributed by atoms with E-state index < -0.39 is 11.7 Å².